The molecule has 1 aromatic heterocycles. The van der Waals surface area contributed by atoms with Gasteiger partial charge in [-0.1, -0.05) is 29.3 Å². The van der Waals surface area contributed by atoms with Crippen LogP contribution in [0.15, 0.2) is 12.1 Å². The summed E-state index contributed by atoms with van der Waals surface area (Å²) in [5.74, 6) is 0.392. The summed E-state index contributed by atoms with van der Waals surface area (Å²) in [6.45, 7) is 4.28. The summed E-state index contributed by atoms with van der Waals surface area (Å²) in [5, 5.41) is 11.7. The van der Waals surface area contributed by atoms with Crippen molar-refractivity contribution in [2.24, 2.45) is 5.92 Å². The monoisotopic (exact) mass is 316 g/mol. The molecule has 0 bridgehead atoms. The van der Waals surface area contributed by atoms with E-state index in [1.54, 1.807) is 19.1 Å². The normalized spacial score (nSPS) is 12.2. The maximum Gasteiger partial charge on any atom is 0.406 e. The molecule has 100 valence electrons. The molecular formula is C12H17BrN2O3. The number of hydrogen-bond donors (Lipinski definition) is 0. The smallest absolute Gasteiger partial charge is 0.406 e. The zero-order valence-corrected chi connectivity index (χ0v) is 12.1. The zero-order valence-electron chi connectivity index (χ0n) is 10.6. The van der Waals surface area contributed by atoms with Gasteiger partial charge in [0, 0.05) is 18.2 Å². The first-order chi connectivity index (χ1) is 8.58. The quantitative estimate of drug-likeness (QED) is 0.439. The Morgan fingerprint density at radius 1 is 1.56 bits per heavy atom. The maximum absolute atomic E-state index is 10.9. The van der Waals surface area contributed by atoms with Crippen molar-refractivity contribution >= 4 is 21.7 Å². The second kappa shape index (κ2) is 7.31. The number of aromatic nitrogens is 1. The van der Waals surface area contributed by atoms with E-state index in [1.807, 2.05) is 0 Å². The number of alkyl halides is 1. The summed E-state index contributed by atoms with van der Waals surface area (Å²) >= 11 is 3.42. The predicted molar refractivity (Wildman–Crippen MR) is 73.3 cm³/mol. The Hall–Kier alpha value is -1.17. The van der Waals surface area contributed by atoms with E-state index in [1.165, 1.54) is 0 Å². The van der Waals surface area contributed by atoms with Crippen LogP contribution in [-0.4, -0.2) is 21.8 Å². The van der Waals surface area contributed by atoms with Crippen LogP contribution in [0.4, 0.5) is 5.82 Å². The van der Waals surface area contributed by atoms with E-state index in [2.05, 4.69) is 27.8 Å². The summed E-state index contributed by atoms with van der Waals surface area (Å²) in [6, 6.07) is 3.32. The largest absolute Gasteiger partial charge is 0.485 e. The van der Waals surface area contributed by atoms with Crippen LogP contribution in [-0.2, 0) is 0 Å². The summed E-state index contributed by atoms with van der Waals surface area (Å²) in [5.41, 5.74) is 0.611. The molecule has 0 saturated carbocycles. The highest BCUT2D eigenvalue weighted by Crippen LogP contribution is 2.25. The van der Waals surface area contributed by atoms with Crippen molar-refractivity contribution in [2.45, 2.75) is 26.7 Å². The topological polar surface area (TPSA) is 65.3 Å². The minimum Gasteiger partial charge on any atom is -0.485 e. The fourth-order valence-corrected chi connectivity index (χ4v) is 2.11. The van der Waals surface area contributed by atoms with E-state index >= 15 is 0 Å². The van der Waals surface area contributed by atoms with Gasteiger partial charge in [-0.25, -0.2) is 0 Å². The molecule has 0 aromatic carbocycles. The number of nitrogens with zero attached hydrogens (tertiary/aromatic N) is 2. The lowest BCUT2D eigenvalue weighted by Crippen LogP contribution is -2.14. The molecule has 1 heterocycles. The SMILES string of the molecule is CCCC(CBr)COc1ccc(C)nc1[N+](=O)[O-]. The molecule has 1 rings (SSSR count). The molecule has 0 aliphatic carbocycles. The lowest BCUT2D eigenvalue weighted by Gasteiger charge is -2.13. The maximum atomic E-state index is 10.9. The first-order valence-corrected chi connectivity index (χ1v) is 7.01. The van der Waals surface area contributed by atoms with Crippen molar-refractivity contribution in [1.29, 1.82) is 0 Å². The molecule has 1 atom stereocenters. The molecule has 6 heteroatoms. The fraction of sp³-hybridized carbons (Fsp3) is 0.583. The molecule has 0 saturated heterocycles. The van der Waals surface area contributed by atoms with E-state index in [0.29, 0.717) is 18.2 Å². The Bertz CT molecular complexity index is 412. The molecule has 0 fully saturated rings. The van der Waals surface area contributed by atoms with Crippen LogP contribution in [0, 0.1) is 23.0 Å². The highest BCUT2D eigenvalue weighted by molar-refractivity contribution is 9.09. The van der Waals surface area contributed by atoms with E-state index in [0.717, 1.165) is 18.2 Å². The van der Waals surface area contributed by atoms with Crippen molar-refractivity contribution in [1.82, 2.24) is 4.98 Å². The lowest BCUT2D eigenvalue weighted by molar-refractivity contribution is -0.390. The number of halogens is 1. The predicted octanol–water partition coefficient (Wildman–Crippen LogP) is 3.49. The number of ether oxygens (including phenoxy) is 1. The third-order valence-corrected chi connectivity index (χ3v) is 3.46. The Morgan fingerprint density at radius 2 is 2.28 bits per heavy atom. The average Bonchev–Trinajstić information content (AvgIpc) is 2.35. The molecule has 1 aromatic rings. The summed E-state index contributed by atoms with van der Waals surface area (Å²) in [7, 11) is 0. The van der Waals surface area contributed by atoms with Gasteiger partial charge in [-0.05, 0) is 28.5 Å². The third kappa shape index (κ3) is 4.25. The number of hydrogen-bond acceptors (Lipinski definition) is 4. The highest BCUT2D eigenvalue weighted by atomic mass is 79.9. The van der Waals surface area contributed by atoms with Gasteiger partial charge in [0.1, 0.15) is 5.69 Å². The van der Waals surface area contributed by atoms with Gasteiger partial charge in [-0.2, -0.15) is 0 Å². The van der Waals surface area contributed by atoms with E-state index in [9.17, 15) is 10.1 Å². The molecule has 1 unspecified atom stereocenters. The van der Waals surface area contributed by atoms with E-state index in [-0.39, 0.29) is 11.6 Å². The highest BCUT2D eigenvalue weighted by Gasteiger charge is 2.18. The Balaban J connectivity index is 2.74. The summed E-state index contributed by atoms with van der Waals surface area (Å²) in [6.07, 6.45) is 2.09. The van der Waals surface area contributed by atoms with Gasteiger partial charge in [0.2, 0.25) is 5.75 Å². The first kappa shape index (κ1) is 14.9. The molecular weight excluding hydrogens is 300 g/mol. The van der Waals surface area contributed by atoms with Gasteiger partial charge < -0.3 is 14.9 Å². The molecule has 0 aliphatic rings. The standard InChI is InChI=1S/C12H17BrN2O3/c1-3-4-10(7-13)8-18-11-6-5-9(2)14-12(11)15(16)17/h5-6,10H,3-4,7-8H2,1-2H3. The second-order valence-corrected chi connectivity index (χ2v) is 4.80. The molecule has 0 amide bonds. The van der Waals surface area contributed by atoms with Crippen LogP contribution in [0.25, 0.3) is 0 Å². The van der Waals surface area contributed by atoms with Crippen LogP contribution in [0.1, 0.15) is 25.5 Å². The van der Waals surface area contributed by atoms with Gasteiger partial charge in [0.05, 0.1) is 6.61 Å². The Labute approximate surface area is 115 Å². The van der Waals surface area contributed by atoms with Crippen molar-refractivity contribution in [3.63, 3.8) is 0 Å². The van der Waals surface area contributed by atoms with Gasteiger partial charge >= 0.3 is 5.82 Å². The molecule has 0 N–H and O–H groups in total. The van der Waals surface area contributed by atoms with E-state index < -0.39 is 4.92 Å². The average molecular weight is 317 g/mol. The third-order valence-electron chi connectivity index (χ3n) is 2.54. The fourth-order valence-electron chi connectivity index (χ4n) is 1.59. The number of pyridine rings is 1. The van der Waals surface area contributed by atoms with Crippen LogP contribution in [0.5, 0.6) is 5.75 Å². The summed E-state index contributed by atoms with van der Waals surface area (Å²) < 4.78 is 5.52. The van der Waals surface area contributed by atoms with Crippen LogP contribution in [0.3, 0.4) is 0 Å². The minimum atomic E-state index is -0.509. The van der Waals surface area contributed by atoms with Gasteiger partial charge in [-0.15, -0.1) is 0 Å². The molecule has 0 radical (unpaired) electrons. The van der Waals surface area contributed by atoms with Crippen LogP contribution < -0.4 is 4.74 Å². The van der Waals surface area contributed by atoms with Crippen molar-refractivity contribution in [3.8, 4) is 5.75 Å². The van der Waals surface area contributed by atoms with Gasteiger partial charge in [0.25, 0.3) is 0 Å². The molecule has 0 aliphatic heterocycles. The molecule has 5 nitrogen and oxygen atoms in total. The first-order valence-electron chi connectivity index (χ1n) is 5.89. The van der Waals surface area contributed by atoms with Gasteiger partial charge in [0.15, 0.2) is 0 Å². The number of nitro groups is 1. The molecule has 18 heavy (non-hydrogen) atoms. The van der Waals surface area contributed by atoms with Crippen molar-refractivity contribution in [3.05, 3.63) is 27.9 Å². The number of aryl methyl sites for hydroxylation is 1. The Morgan fingerprint density at radius 3 is 2.83 bits per heavy atom. The lowest BCUT2D eigenvalue weighted by atomic mass is 10.1. The van der Waals surface area contributed by atoms with Crippen LogP contribution in [0.2, 0.25) is 0 Å². The zero-order chi connectivity index (χ0) is 13.5. The van der Waals surface area contributed by atoms with Crippen molar-refractivity contribution in [2.75, 3.05) is 11.9 Å². The second-order valence-electron chi connectivity index (χ2n) is 4.15. The van der Waals surface area contributed by atoms with Crippen LogP contribution >= 0.6 is 15.9 Å². The Kier molecular flexibility index (Phi) is 6.04. The van der Waals surface area contributed by atoms with Gasteiger partial charge in [-0.3, -0.25) is 0 Å². The van der Waals surface area contributed by atoms with Crippen molar-refractivity contribution < 1.29 is 9.66 Å². The minimum absolute atomic E-state index is 0.208. The number of rotatable bonds is 7. The summed E-state index contributed by atoms with van der Waals surface area (Å²) in [4.78, 5) is 14.2. The molecule has 0 spiro atoms. The van der Waals surface area contributed by atoms with E-state index in [4.69, 9.17) is 4.74 Å².